The van der Waals surface area contributed by atoms with Crippen LogP contribution in [0.2, 0.25) is 0 Å². The lowest BCUT2D eigenvalue weighted by atomic mass is 10.0. The van der Waals surface area contributed by atoms with E-state index >= 15 is 0 Å². The van der Waals surface area contributed by atoms with Crippen molar-refractivity contribution in [1.29, 1.82) is 0 Å². The van der Waals surface area contributed by atoms with Crippen molar-refractivity contribution in [2.45, 2.75) is 51.0 Å². The molecule has 0 aromatic rings. The molecule has 0 saturated carbocycles. The normalized spacial score (nSPS) is 33.8. The molecule has 5 atom stereocenters. The Bertz CT molecular complexity index is 225. The van der Waals surface area contributed by atoms with Crippen LogP contribution in [-0.4, -0.2) is 67.8 Å². The maximum atomic E-state index is 9.50. The van der Waals surface area contributed by atoms with Gasteiger partial charge in [0.15, 0.2) is 6.29 Å². The Hall–Kier alpha value is -0.240. The van der Waals surface area contributed by atoms with Crippen molar-refractivity contribution in [1.82, 2.24) is 0 Å². The molecule has 0 aromatic carbocycles. The van der Waals surface area contributed by atoms with Gasteiger partial charge in [0.1, 0.15) is 12.2 Å². The van der Waals surface area contributed by atoms with Gasteiger partial charge in [-0.3, -0.25) is 0 Å². The summed E-state index contributed by atoms with van der Waals surface area (Å²) in [6, 6.07) is 0. The molecule has 6 heteroatoms. The van der Waals surface area contributed by atoms with E-state index in [0.29, 0.717) is 19.6 Å². The first-order valence-electron chi connectivity index (χ1n) is 6.38. The number of ether oxygens (including phenoxy) is 4. The number of rotatable bonds is 8. The Kier molecular flexibility index (Phi) is 7.06. The second kappa shape index (κ2) is 8.04. The molecule has 6 nitrogen and oxygen atoms in total. The SMILES string of the molecule is CCO[C@H]1O[C@H](C[C@H](O)CO)[C@H](OC)[C@H]1OCC. The number of hydrogen-bond acceptors (Lipinski definition) is 6. The van der Waals surface area contributed by atoms with Crippen LogP contribution < -0.4 is 0 Å². The Morgan fingerprint density at radius 2 is 1.83 bits per heavy atom. The molecule has 1 aliphatic heterocycles. The summed E-state index contributed by atoms with van der Waals surface area (Å²) >= 11 is 0. The zero-order valence-corrected chi connectivity index (χ0v) is 11.2. The number of aliphatic hydroxyl groups excluding tert-OH is 2. The van der Waals surface area contributed by atoms with E-state index in [1.807, 2.05) is 13.8 Å². The van der Waals surface area contributed by atoms with Crippen LogP contribution in [0.25, 0.3) is 0 Å². The third-order valence-electron chi connectivity index (χ3n) is 2.94. The van der Waals surface area contributed by atoms with Crippen LogP contribution in [0.1, 0.15) is 20.3 Å². The molecule has 0 amide bonds. The highest BCUT2D eigenvalue weighted by Gasteiger charge is 2.46. The third-order valence-corrected chi connectivity index (χ3v) is 2.94. The summed E-state index contributed by atoms with van der Waals surface area (Å²) in [5, 5.41) is 18.4. The van der Waals surface area contributed by atoms with E-state index in [9.17, 15) is 5.11 Å². The van der Waals surface area contributed by atoms with Gasteiger partial charge in [-0.05, 0) is 13.8 Å². The van der Waals surface area contributed by atoms with E-state index in [1.54, 1.807) is 7.11 Å². The molecule has 1 rings (SSSR count). The van der Waals surface area contributed by atoms with Crippen LogP contribution in [0.15, 0.2) is 0 Å². The Morgan fingerprint density at radius 3 is 2.33 bits per heavy atom. The number of hydrogen-bond donors (Lipinski definition) is 2. The molecule has 0 radical (unpaired) electrons. The fourth-order valence-corrected chi connectivity index (χ4v) is 2.18. The van der Waals surface area contributed by atoms with E-state index in [2.05, 4.69) is 0 Å². The molecule has 1 aliphatic rings. The Balaban J connectivity index is 2.67. The van der Waals surface area contributed by atoms with E-state index in [4.69, 9.17) is 24.1 Å². The van der Waals surface area contributed by atoms with Crippen LogP contribution in [0.5, 0.6) is 0 Å². The van der Waals surface area contributed by atoms with Gasteiger partial charge in [-0.2, -0.15) is 0 Å². The van der Waals surface area contributed by atoms with Crippen molar-refractivity contribution in [3.63, 3.8) is 0 Å². The highest BCUT2D eigenvalue weighted by atomic mass is 16.7. The van der Waals surface area contributed by atoms with Gasteiger partial charge in [-0.1, -0.05) is 0 Å². The molecule has 0 aliphatic carbocycles. The number of aliphatic hydroxyl groups is 2. The highest BCUT2D eigenvalue weighted by Crippen LogP contribution is 2.29. The first kappa shape index (κ1) is 15.8. The largest absolute Gasteiger partial charge is 0.394 e. The molecular formula is C12H24O6. The fourth-order valence-electron chi connectivity index (χ4n) is 2.18. The van der Waals surface area contributed by atoms with Gasteiger partial charge in [0.05, 0.1) is 18.8 Å². The van der Waals surface area contributed by atoms with E-state index < -0.39 is 12.4 Å². The summed E-state index contributed by atoms with van der Waals surface area (Å²) in [6.07, 6.45) is -1.97. The molecule has 1 heterocycles. The van der Waals surface area contributed by atoms with Crippen molar-refractivity contribution >= 4 is 0 Å². The smallest absolute Gasteiger partial charge is 0.186 e. The quantitative estimate of drug-likeness (QED) is 0.638. The van der Waals surface area contributed by atoms with Crippen molar-refractivity contribution in [3.8, 4) is 0 Å². The average molecular weight is 264 g/mol. The van der Waals surface area contributed by atoms with Gasteiger partial charge in [-0.15, -0.1) is 0 Å². The minimum Gasteiger partial charge on any atom is -0.394 e. The van der Waals surface area contributed by atoms with Crippen molar-refractivity contribution in [2.75, 3.05) is 26.9 Å². The molecule has 1 fully saturated rings. The summed E-state index contributed by atoms with van der Waals surface area (Å²) in [6.45, 7) is 4.53. The minimum atomic E-state index is -0.824. The standard InChI is InChI=1S/C12H24O6/c1-4-16-11-10(15-3)9(6-8(14)7-13)18-12(11)17-5-2/h8-14H,4-7H2,1-3H3/t8-,9+,10-,11+,12-/m0/s1. The summed E-state index contributed by atoms with van der Waals surface area (Å²) in [5.74, 6) is 0. The van der Waals surface area contributed by atoms with Crippen molar-refractivity contribution < 1.29 is 29.2 Å². The molecular weight excluding hydrogens is 240 g/mol. The monoisotopic (exact) mass is 264 g/mol. The summed E-state index contributed by atoms with van der Waals surface area (Å²) < 4.78 is 22.2. The van der Waals surface area contributed by atoms with Gasteiger partial charge >= 0.3 is 0 Å². The van der Waals surface area contributed by atoms with Crippen LogP contribution in [0, 0.1) is 0 Å². The van der Waals surface area contributed by atoms with E-state index in [-0.39, 0.29) is 24.9 Å². The molecule has 0 aromatic heterocycles. The molecule has 18 heavy (non-hydrogen) atoms. The summed E-state index contributed by atoms with van der Waals surface area (Å²) in [5.41, 5.74) is 0. The predicted octanol–water partition coefficient (Wildman–Crippen LogP) is -0.0888. The van der Waals surface area contributed by atoms with Crippen molar-refractivity contribution in [2.24, 2.45) is 0 Å². The van der Waals surface area contributed by atoms with E-state index in [0.717, 1.165) is 0 Å². The minimum absolute atomic E-state index is 0.294. The van der Waals surface area contributed by atoms with Crippen LogP contribution in [-0.2, 0) is 18.9 Å². The molecule has 0 spiro atoms. The van der Waals surface area contributed by atoms with E-state index in [1.165, 1.54) is 0 Å². The van der Waals surface area contributed by atoms with Gasteiger partial charge in [0.25, 0.3) is 0 Å². The van der Waals surface area contributed by atoms with Crippen LogP contribution in [0.4, 0.5) is 0 Å². The summed E-state index contributed by atoms with van der Waals surface area (Å²) in [7, 11) is 1.58. The second-order valence-corrected chi connectivity index (χ2v) is 4.19. The summed E-state index contributed by atoms with van der Waals surface area (Å²) in [4.78, 5) is 0. The average Bonchev–Trinajstić information content (AvgIpc) is 2.67. The lowest BCUT2D eigenvalue weighted by molar-refractivity contribution is -0.176. The number of methoxy groups -OCH3 is 1. The molecule has 108 valence electrons. The fraction of sp³-hybridized carbons (Fsp3) is 1.00. The topological polar surface area (TPSA) is 77.4 Å². The second-order valence-electron chi connectivity index (χ2n) is 4.19. The lowest BCUT2D eigenvalue weighted by Crippen LogP contribution is -2.39. The van der Waals surface area contributed by atoms with Crippen LogP contribution >= 0.6 is 0 Å². The first-order valence-corrected chi connectivity index (χ1v) is 6.38. The Morgan fingerprint density at radius 1 is 1.17 bits per heavy atom. The highest BCUT2D eigenvalue weighted by molar-refractivity contribution is 4.90. The zero-order valence-electron chi connectivity index (χ0n) is 11.2. The first-order chi connectivity index (χ1) is 8.67. The van der Waals surface area contributed by atoms with Gasteiger partial charge in [0, 0.05) is 26.7 Å². The molecule has 1 saturated heterocycles. The zero-order chi connectivity index (χ0) is 13.5. The van der Waals surface area contributed by atoms with Gasteiger partial charge < -0.3 is 29.2 Å². The maximum absolute atomic E-state index is 9.50. The molecule has 0 unspecified atom stereocenters. The molecule has 2 N–H and O–H groups in total. The van der Waals surface area contributed by atoms with Gasteiger partial charge in [-0.25, -0.2) is 0 Å². The third kappa shape index (κ3) is 3.88. The van der Waals surface area contributed by atoms with Crippen LogP contribution in [0.3, 0.4) is 0 Å². The lowest BCUT2D eigenvalue weighted by Gasteiger charge is -2.23. The maximum Gasteiger partial charge on any atom is 0.186 e. The van der Waals surface area contributed by atoms with Gasteiger partial charge in [0.2, 0.25) is 0 Å². The molecule has 0 bridgehead atoms. The Labute approximate surface area is 108 Å². The van der Waals surface area contributed by atoms with Crippen molar-refractivity contribution in [3.05, 3.63) is 0 Å². The predicted molar refractivity (Wildman–Crippen MR) is 64.2 cm³/mol.